The Morgan fingerprint density at radius 1 is 1.07 bits per heavy atom. The largest absolute Gasteiger partial charge is 0.336 e. The van der Waals surface area contributed by atoms with Gasteiger partial charge in [0.1, 0.15) is 0 Å². The monoisotopic (exact) mass is 421 g/mol. The maximum absolute atomic E-state index is 13.3. The van der Waals surface area contributed by atoms with Gasteiger partial charge in [-0.2, -0.15) is 17.0 Å². The number of amides is 1. The number of rotatable bonds is 4. The fourth-order valence-electron chi connectivity index (χ4n) is 3.95. The Labute approximate surface area is 170 Å². The summed E-state index contributed by atoms with van der Waals surface area (Å²) in [5, 5.41) is 4.60. The van der Waals surface area contributed by atoms with Gasteiger partial charge in [0.05, 0.1) is 16.6 Å². The van der Waals surface area contributed by atoms with E-state index in [1.807, 2.05) is 19.9 Å². The summed E-state index contributed by atoms with van der Waals surface area (Å²) >= 11 is 0. The zero-order valence-corrected chi connectivity index (χ0v) is 17.9. The van der Waals surface area contributed by atoms with Crippen molar-refractivity contribution in [2.75, 3.05) is 39.3 Å². The van der Waals surface area contributed by atoms with Gasteiger partial charge in [0, 0.05) is 45.0 Å². The van der Waals surface area contributed by atoms with E-state index in [0.717, 1.165) is 18.5 Å². The summed E-state index contributed by atoms with van der Waals surface area (Å²) in [4.78, 5) is 19.5. The number of carbonyl (C=O) groups is 1. The Morgan fingerprint density at radius 2 is 1.69 bits per heavy atom. The summed E-state index contributed by atoms with van der Waals surface area (Å²) in [5.41, 5.74) is 2.29. The maximum atomic E-state index is 13.3. The van der Waals surface area contributed by atoms with Crippen LogP contribution in [-0.2, 0) is 10.2 Å². The van der Waals surface area contributed by atoms with Crippen molar-refractivity contribution in [2.24, 2.45) is 0 Å². The van der Waals surface area contributed by atoms with Crippen molar-refractivity contribution in [1.82, 2.24) is 23.7 Å². The number of hydrogen-bond acceptors (Lipinski definition) is 6. The average Bonchev–Trinajstić information content (AvgIpc) is 3.38. The Kier molecular flexibility index (Phi) is 5.34. The molecule has 0 atom stereocenters. The quantitative estimate of drug-likeness (QED) is 0.746. The lowest BCUT2D eigenvalue weighted by Crippen LogP contribution is -2.53. The molecule has 2 aromatic rings. The van der Waals surface area contributed by atoms with Crippen molar-refractivity contribution >= 4 is 27.2 Å². The van der Waals surface area contributed by atoms with Gasteiger partial charge in [0.15, 0.2) is 0 Å². The lowest BCUT2D eigenvalue weighted by Gasteiger charge is -2.35. The van der Waals surface area contributed by atoms with Crippen molar-refractivity contribution in [1.29, 1.82) is 0 Å². The number of carbonyl (C=O) groups excluding carboxylic acids is 1. The number of nitrogens with zero attached hydrogens (tertiary/aromatic N) is 5. The van der Waals surface area contributed by atoms with E-state index < -0.39 is 10.2 Å². The number of fused-ring (bicyclic) bond motifs is 1. The van der Waals surface area contributed by atoms with Crippen LogP contribution in [0.2, 0.25) is 0 Å². The minimum atomic E-state index is -3.43. The molecule has 2 aliphatic heterocycles. The van der Waals surface area contributed by atoms with Gasteiger partial charge in [-0.15, -0.1) is 0 Å². The second-order valence-electron chi connectivity index (χ2n) is 8.00. The molecule has 2 fully saturated rings. The molecule has 2 aliphatic rings. The SMILES string of the molecule is Cc1noc2nc(C(C)C)cc(C(=O)N3CCN(S(=O)(=O)N4CCCC4)CC3)c12. The van der Waals surface area contributed by atoms with E-state index in [2.05, 4.69) is 10.1 Å². The molecule has 0 N–H and O–H groups in total. The first kappa shape index (κ1) is 20.2. The minimum absolute atomic E-state index is 0.135. The Morgan fingerprint density at radius 3 is 2.31 bits per heavy atom. The van der Waals surface area contributed by atoms with Crippen LogP contribution in [0.15, 0.2) is 10.6 Å². The van der Waals surface area contributed by atoms with Gasteiger partial charge in [-0.25, -0.2) is 4.98 Å². The predicted octanol–water partition coefficient (Wildman–Crippen LogP) is 1.75. The van der Waals surface area contributed by atoms with Crippen molar-refractivity contribution in [2.45, 2.75) is 39.5 Å². The van der Waals surface area contributed by atoms with E-state index in [1.165, 1.54) is 4.31 Å². The average molecular weight is 422 g/mol. The van der Waals surface area contributed by atoms with Crippen LogP contribution < -0.4 is 0 Å². The Balaban J connectivity index is 1.55. The van der Waals surface area contributed by atoms with Crippen LogP contribution in [0.1, 0.15) is 54.4 Å². The number of pyridine rings is 1. The number of aromatic nitrogens is 2. The van der Waals surface area contributed by atoms with Gasteiger partial charge in [0.25, 0.3) is 21.8 Å². The molecule has 0 radical (unpaired) electrons. The summed E-state index contributed by atoms with van der Waals surface area (Å²) in [5.74, 6) is 0.00243. The van der Waals surface area contributed by atoms with E-state index in [0.29, 0.717) is 61.6 Å². The smallest absolute Gasteiger partial charge is 0.282 e. The van der Waals surface area contributed by atoms with Crippen molar-refractivity contribution < 1.29 is 17.7 Å². The van der Waals surface area contributed by atoms with Crippen molar-refractivity contribution in [3.05, 3.63) is 23.0 Å². The first-order valence-electron chi connectivity index (χ1n) is 10.1. The van der Waals surface area contributed by atoms with Crippen molar-refractivity contribution in [3.63, 3.8) is 0 Å². The van der Waals surface area contributed by atoms with Gasteiger partial charge in [-0.05, 0) is 31.7 Å². The number of piperazine rings is 1. The number of aryl methyl sites for hydroxylation is 1. The standard InChI is InChI=1S/C19H27N5O4S/c1-13(2)16-12-15(17-14(3)21-28-18(17)20-16)19(25)22-8-10-24(11-9-22)29(26,27)23-6-4-5-7-23/h12-13H,4-11H2,1-3H3. The maximum Gasteiger partial charge on any atom is 0.282 e. The zero-order valence-electron chi connectivity index (χ0n) is 17.1. The highest BCUT2D eigenvalue weighted by molar-refractivity contribution is 7.86. The molecule has 0 saturated carbocycles. The van der Waals surface area contributed by atoms with Crippen LogP contribution >= 0.6 is 0 Å². The molecule has 0 spiro atoms. The third-order valence-corrected chi connectivity index (χ3v) is 7.74. The van der Waals surface area contributed by atoms with Crippen LogP contribution in [0, 0.1) is 6.92 Å². The number of hydrogen-bond donors (Lipinski definition) is 0. The lowest BCUT2D eigenvalue weighted by molar-refractivity contribution is 0.0696. The first-order valence-corrected chi connectivity index (χ1v) is 11.5. The molecule has 10 heteroatoms. The third kappa shape index (κ3) is 3.64. The van der Waals surface area contributed by atoms with E-state index in [4.69, 9.17) is 4.52 Å². The van der Waals surface area contributed by atoms with Crippen LogP contribution in [0.4, 0.5) is 0 Å². The second kappa shape index (κ2) is 7.66. The lowest BCUT2D eigenvalue weighted by atomic mass is 10.0. The van der Waals surface area contributed by atoms with Gasteiger partial charge < -0.3 is 9.42 Å². The van der Waals surface area contributed by atoms with Crippen LogP contribution in [-0.4, -0.2) is 77.2 Å². The highest BCUT2D eigenvalue weighted by atomic mass is 32.2. The topological polar surface area (TPSA) is 99.9 Å². The molecule has 4 heterocycles. The molecular formula is C19H27N5O4S. The summed E-state index contributed by atoms with van der Waals surface area (Å²) in [6.07, 6.45) is 1.82. The van der Waals surface area contributed by atoms with Gasteiger partial charge >= 0.3 is 0 Å². The molecule has 1 amide bonds. The molecule has 2 saturated heterocycles. The minimum Gasteiger partial charge on any atom is -0.336 e. The zero-order chi connectivity index (χ0) is 20.8. The summed E-state index contributed by atoms with van der Waals surface area (Å²) in [6, 6.07) is 1.81. The second-order valence-corrected chi connectivity index (χ2v) is 9.93. The molecule has 158 valence electrons. The molecule has 0 aromatic carbocycles. The van der Waals surface area contributed by atoms with Gasteiger partial charge in [-0.3, -0.25) is 4.79 Å². The van der Waals surface area contributed by atoms with Crippen LogP contribution in [0.25, 0.3) is 11.1 Å². The summed E-state index contributed by atoms with van der Waals surface area (Å²) in [7, 11) is -3.43. The molecule has 0 bridgehead atoms. The van der Waals surface area contributed by atoms with E-state index in [1.54, 1.807) is 16.1 Å². The van der Waals surface area contributed by atoms with Crippen LogP contribution in [0.5, 0.6) is 0 Å². The Hall–Kier alpha value is -2.04. The van der Waals surface area contributed by atoms with Crippen LogP contribution in [0.3, 0.4) is 0 Å². The Bertz CT molecular complexity index is 1020. The molecule has 9 nitrogen and oxygen atoms in total. The van der Waals surface area contributed by atoms with E-state index >= 15 is 0 Å². The summed E-state index contributed by atoms with van der Waals surface area (Å²) in [6.45, 7) is 8.30. The van der Waals surface area contributed by atoms with E-state index in [-0.39, 0.29) is 11.8 Å². The molecule has 0 aliphatic carbocycles. The first-order chi connectivity index (χ1) is 13.8. The molecule has 2 aromatic heterocycles. The molecule has 0 unspecified atom stereocenters. The van der Waals surface area contributed by atoms with Gasteiger partial charge in [-0.1, -0.05) is 19.0 Å². The predicted molar refractivity (Wildman–Crippen MR) is 108 cm³/mol. The highest BCUT2D eigenvalue weighted by Crippen LogP contribution is 2.27. The molecule has 4 rings (SSSR count). The molecule has 29 heavy (non-hydrogen) atoms. The fourth-order valence-corrected chi connectivity index (χ4v) is 5.62. The fraction of sp³-hybridized carbons (Fsp3) is 0.632. The normalized spacial score (nSPS) is 19.5. The highest BCUT2D eigenvalue weighted by Gasteiger charge is 2.35. The third-order valence-electron chi connectivity index (χ3n) is 5.70. The van der Waals surface area contributed by atoms with Gasteiger partial charge in [0.2, 0.25) is 0 Å². The van der Waals surface area contributed by atoms with Crippen molar-refractivity contribution in [3.8, 4) is 0 Å². The molecular weight excluding hydrogens is 394 g/mol. The summed E-state index contributed by atoms with van der Waals surface area (Å²) < 4.78 is 33.9. The van der Waals surface area contributed by atoms with E-state index in [9.17, 15) is 13.2 Å².